The molecule has 37 valence electrons. The standard InChI is InChI=1S/C5H12P/c1-3-4-5-6-2/h5-6H,3-4H2,1-2H3. The van der Waals surface area contributed by atoms with E-state index in [-0.39, 0.29) is 0 Å². The summed E-state index contributed by atoms with van der Waals surface area (Å²) in [6.45, 7) is 4.41. The van der Waals surface area contributed by atoms with Crippen molar-refractivity contribution in [3.05, 3.63) is 6.16 Å². The summed E-state index contributed by atoms with van der Waals surface area (Å²) < 4.78 is 0. The Kier molecular flexibility index (Phi) is 5.82. The number of hydrogen-bond acceptors (Lipinski definition) is 0. The molecule has 0 bridgehead atoms. The van der Waals surface area contributed by atoms with Gasteiger partial charge in [-0.2, -0.15) is 0 Å². The van der Waals surface area contributed by atoms with Crippen molar-refractivity contribution in [2.24, 2.45) is 0 Å². The van der Waals surface area contributed by atoms with E-state index in [1.807, 2.05) is 0 Å². The van der Waals surface area contributed by atoms with Crippen LogP contribution in [0.15, 0.2) is 0 Å². The van der Waals surface area contributed by atoms with Gasteiger partial charge in [-0.15, -0.1) is 8.58 Å². The Hall–Kier alpha value is 0.430. The molecule has 0 aromatic rings. The van der Waals surface area contributed by atoms with E-state index in [0.29, 0.717) is 0 Å². The summed E-state index contributed by atoms with van der Waals surface area (Å²) in [6.07, 6.45) is 4.94. The van der Waals surface area contributed by atoms with Gasteiger partial charge in [0.25, 0.3) is 0 Å². The van der Waals surface area contributed by atoms with E-state index in [9.17, 15) is 0 Å². The molecule has 0 amide bonds. The first-order valence-electron chi connectivity index (χ1n) is 2.40. The van der Waals surface area contributed by atoms with Gasteiger partial charge in [0.1, 0.15) is 0 Å². The van der Waals surface area contributed by atoms with Crippen LogP contribution in [0.4, 0.5) is 0 Å². The highest BCUT2D eigenvalue weighted by molar-refractivity contribution is 7.39. The van der Waals surface area contributed by atoms with Crippen molar-refractivity contribution in [3.8, 4) is 0 Å². The molecule has 0 N–H and O–H groups in total. The first-order chi connectivity index (χ1) is 2.91. The highest BCUT2D eigenvalue weighted by Gasteiger charge is 1.75. The van der Waals surface area contributed by atoms with Crippen LogP contribution in [-0.2, 0) is 0 Å². The Labute approximate surface area is 42.1 Å². The molecule has 1 atom stereocenters. The largest absolute Gasteiger partial charge is 0.121 e. The van der Waals surface area contributed by atoms with Crippen LogP contribution in [-0.4, -0.2) is 6.66 Å². The van der Waals surface area contributed by atoms with Gasteiger partial charge >= 0.3 is 0 Å². The maximum Gasteiger partial charge on any atom is -0.0174 e. The number of unbranched alkanes of at least 4 members (excludes halogenated alkanes) is 1. The first kappa shape index (κ1) is 6.43. The van der Waals surface area contributed by atoms with Crippen molar-refractivity contribution in [1.82, 2.24) is 0 Å². The van der Waals surface area contributed by atoms with Gasteiger partial charge in [0.2, 0.25) is 0 Å². The lowest BCUT2D eigenvalue weighted by Crippen LogP contribution is -1.60. The molecule has 0 nitrogen and oxygen atoms in total. The SMILES string of the molecule is CCC[CH]PC. The summed E-state index contributed by atoms with van der Waals surface area (Å²) in [4.78, 5) is 0. The summed E-state index contributed by atoms with van der Waals surface area (Å²) in [5.74, 6) is 0. The van der Waals surface area contributed by atoms with Crippen molar-refractivity contribution in [2.45, 2.75) is 19.8 Å². The normalized spacial score (nSPS) is 11.0. The van der Waals surface area contributed by atoms with E-state index in [1.165, 1.54) is 12.8 Å². The highest BCUT2D eigenvalue weighted by atomic mass is 31.1. The molecule has 1 heteroatoms. The summed E-state index contributed by atoms with van der Waals surface area (Å²) in [5, 5.41) is 0. The maximum atomic E-state index is 2.33. The van der Waals surface area contributed by atoms with Crippen molar-refractivity contribution < 1.29 is 0 Å². The van der Waals surface area contributed by atoms with Crippen LogP contribution in [0.25, 0.3) is 0 Å². The quantitative estimate of drug-likeness (QED) is 0.379. The first-order valence-corrected chi connectivity index (χ1v) is 3.98. The Morgan fingerprint density at radius 3 is 2.50 bits per heavy atom. The summed E-state index contributed by atoms with van der Waals surface area (Å²) in [6, 6.07) is 0. The second-order valence-electron chi connectivity index (χ2n) is 1.28. The third kappa shape index (κ3) is 4.43. The van der Waals surface area contributed by atoms with Gasteiger partial charge in [0.05, 0.1) is 0 Å². The summed E-state index contributed by atoms with van der Waals surface area (Å²) >= 11 is 0. The molecule has 0 spiro atoms. The number of hydrogen-bond donors (Lipinski definition) is 0. The van der Waals surface area contributed by atoms with Gasteiger partial charge in [-0.25, -0.2) is 0 Å². The van der Waals surface area contributed by atoms with Crippen LogP contribution in [0.2, 0.25) is 0 Å². The van der Waals surface area contributed by atoms with Crippen molar-refractivity contribution >= 4 is 8.58 Å². The van der Waals surface area contributed by atoms with E-state index in [4.69, 9.17) is 0 Å². The van der Waals surface area contributed by atoms with E-state index >= 15 is 0 Å². The summed E-state index contributed by atoms with van der Waals surface area (Å²) in [5.41, 5.74) is 0. The average molecular weight is 103 g/mol. The third-order valence-electron chi connectivity index (χ3n) is 0.637. The molecular formula is C5H12P. The monoisotopic (exact) mass is 103 g/mol. The zero-order valence-corrected chi connectivity index (χ0v) is 5.49. The van der Waals surface area contributed by atoms with Crippen molar-refractivity contribution in [3.63, 3.8) is 0 Å². The van der Waals surface area contributed by atoms with E-state index in [0.717, 1.165) is 8.58 Å². The smallest absolute Gasteiger partial charge is 0.0174 e. The van der Waals surface area contributed by atoms with E-state index in [1.54, 1.807) is 0 Å². The topological polar surface area (TPSA) is 0 Å². The Morgan fingerprint density at radius 1 is 1.67 bits per heavy atom. The van der Waals surface area contributed by atoms with Gasteiger partial charge in [-0.05, 0) is 19.2 Å². The maximum absolute atomic E-state index is 2.33. The molecule has 0 aromatic carbocycles. The molecule has 0 fully saturated rings. The van der Waals surface area contributed by atoms with Crippen molar-refractivity contribution in [2.75, 3.05) is 6.66 Å². The van der Waals surface area contributed by atoms with Gasteiger partial charge in [0, 0.05) is 0 Å². The fourth-order valence-corrected chi connectivity index (χ4v) is 0.866. The molecule has 0 aromatic heterocycles. The predicted octanol–water partition coefficient (Wildman–Crippen LogP) is 2.26. The lowest BCUT2D eigenvalue weighted by atomic mass is 10.4. The second kappa shape index (κ2) is 5.43. The minimum absolute atomic E-state index is 1.04. The van der Waals surface area contributed by atoms with Crippen LogP contribution in [0.5, 0.6) is 0 Å². The third-order valence-corrected chi connectivity index (χ3v) is 1.33. The molecule has 0 rings (SSSR count). The molecule has 1 unspecified atom stereocenters. The van der Waals surface area contributed by atoms with Gasteiger partial charge < -0.3 is 0 Å². The zero-order valence-electron chi connectivity index (χ0n) is 4.49. The van der Waals surface area contributed by atoms with Crippen LogP contribution in [0, 0.1) is 6.16 Å². The minimum Gasteiger partial charge on any atom is -0.121 e. The average Bonchev–Trinajstić information content (AvgIpc) is 1.61. The van der Waals surface area contributed by atoms with Crippen molar-refractivity contribution in [1.29, 1.82) is 0 Å². The molecule has 0 aliphatic heterocycles. The minimum atomic E-state index is 1.04. The summed E-state index contributed by atoms with van der Waals surface area (Å²) in [7, 11) is 1.04. The lowest BCUT2D eigenvalue weighted by molar-refractivity contribution is 0.943. The zero-order chi connectivity index (χ0) is 4.83. The fraction of sp³-hybridized carbons (Fsp3) is 0.800. The van der Waals surface area contributed by atoms with E-state index in [2.05, 4.69) is 19.8 Å². The molecule has 1 radical (unpaired) electrons. The van der Waals surface area contributed by atoms with Crippen LogP contribution < -0.4 is 0 Å². The van der Waals surface area contributed by atoms with Gasteiger partial charge in [-0.3, -0.25) is 0 Å². The second-order valence-corrected chi connectivity index (χ2v) is 2.27. The molecular weight excluding hydrogens is 91.0 g/mol. The van der Waals surface area contributed by atoms with Gasteiger partial charge in [-0.1, -0.05) is 13.3 Å². The molecule has 0 saturated heterocycles. The molecule has 0 aliphatic carbocycles. The van der Waals surface area contributed by atoms with Gasteiger partial charge in [0.15, 0.2) is 0 Å². The Balaban J connectivity index is 2.34. The molecule has 0 saturated carbocycles. The van der Waals surface area contributed by atoms with Crippen LogP contribution >= 0.6 is 8.58 Å². The Morgan fingerprint density at radius 2 is 2.33 bits per heavy atom. The number of rotatable bonds is 3. The molecule has 0 aliphatic rings. The van der Waals surface area contributed by atoms with Crippen LogP contribution in [0.1, 0.15) is 19.8 Å². The Bertz CT molecular complexity index is 15.9. The fourth-order valence-electron chi connectivity index (χ4n) is 0.289. The molecule has 6 heavy (non-hydrogen) atoms. The lowest BCUT2D eigenvalue weighted by Gasteiger charge is -1.86. The van der Waals surface area contributed by atoms with E-state index < -0.39 is 0 Å². The van der Waals surface area contributed by atoms with Crippen LogP contribution in [0.3, 0.4) is 0 Å². The predicted molar refractivity (Wildman–Crippen MR) is 33.4 cm³/mol. The highest BCUT2D eigenvalue weighted by Crippen LogP contribution is 2.11. The molecule has 0 heterocycles.